The summed E-state index contributed by atoms with van der Waals surface area (Å²) < 4.78 is 1.74. The summed E-state index contributed by atoms with van der Waals surface area (Å²) in [6.07, 6.45) is 4.04. The minimum atomic E-state index is -0.0862. The third-order valence-electron chi connectivity index (χ3n) is 3.14. The zero-order valence-corrected chi connectivity index (χ0v) is 9.34. The second kappa shape index (κ2) is 3.32. The quantitative estimate of drug-likeness (QED) is 0.668. The van der Waals surface area contributed by atoms with Crippen LogP contribution in [0.15, 0.2) is 18.5 Å². The van der Waals surface area contributed by atoms with Crippen LogP contribution in [0.4, 0.5) is 0 Å². The van der Waals surface area contributed by atoms with Gasteiger partial charge in [-0.1, -0.05) is 0 Å². The van der Waals surface area contributed by atoms with Gasteiger partial charge < -0.3 is 9.30 Å². The molecule has 0 radical (unpaired) electrons. The lowest BCUT2D eigenvalue weighted by Crippen LogP contribution is -2.28. The van der Waals surface area contributed by atoms with Gasteiger partial charge in [-0.25, -0.2) is 4.98 Å². The molecule has 0 saturated carbocycles. The molecule has 0 atom stereocenters. The fraction of sp³-hybridized carbons (Fsp3) is 0.250. The Morgan fingerprint density at radius 3 is 3.12 bits per heavy atom. The van der Waals surface area contributed by atoms with E-state index in [0.29, 0.717) is 17.9 Å². The second-order valence-electron chi connectivity index (χ2n) is 4.14. The fourth-order valence-corrected chi connectivity index (χ4v) is 2.24. The van der Waals surface area contributed by atoms with Crippen LogP contribution in [0, 0.1) is 11.3 Å². The summed E-state index contributed by atoms with van der Waals surface area (Å²) in [6, 6.07) is 3.98. The van der Waals surface area contributed by atoms with Gasteiger partial charge in [-0.2, -0.15) is 5.26 Å². The Balaban J connectivity index is 2.42. The van der Waals surface area contributed by atoms with Crippen molar-refractivity contribution in [3.63, 3.8) is 0 Å². The number of carbonyl (C=O) groups is 1. The number of hydrogen-bond donors (Lipinski definition) is 0. The van der Waals surface area contributed by atoms with Crippen molar-refractivity contribution in [3.8, 4) is 6.07 Å². The van der Waals surface area contributed by atoms with Crippen LogP contribution in [-0.2, 0) is 6.42 Å². The van der Waals surface area contributed by atoms with E-state index in [-0.39, 0.29) is 5.91 Å². The third-order valence-corrected chi connectivity index (χ3v) is 3.14. The molecule has 1 aliphatic rings. The molecule has 3 heterocycles. The van der Waals surface area contributed by atoms with Crippen molar-refractivity contribution in [2.24, 2.45) is 0 Å². The molecule has 3 rings (SSSR count). The number of amides is 1. The standard InChI is InChI=1S/C12H10N4O/c1-15-4-2-8-6-9(7-13)16-5-3-14-10(11(8)16)12(15)17/h3,5-6H,2,4H2,1H3. The predicted octanol–water partition coefficient (Wildman–Crippen LogP) is 0.834. The number of rotatable bonds is 0. The van der Waals surface area contributed by atoms with Crippen molar-refractivity contribution in [1.29, 1.82) is 5.26 Å². The molecule has 1 amide bonds. The van der Waals surface area contributed by atoms with Gasteiger partial charge in [0, 0.05) is 26.0 Å². The van der Waals surface area contributed by atoms with Gasteiger partial charge in [0.2, 0.25) is 0 Å². The molecule has 0 bridgehead atoms. The van der Waals surface area contributed by atoms with Crippen LogP contribution in [0.1, 0.15) is 21.7 Å². The van der Waals surface area contributed by atoms with Crippen molar-refractivity contribution >= 4 is 11.4 Å². The van der Waals surface area contributed by atoms with Crippen LogP contribution in [0.2, 0.25) is 0 Å². The normalized spacial score (nSPS) is 14.8. The second-order valence-corrected chi connectivity index (χ2v) is 4.14. The van der Waals surface area contributed by atoms with E-state index in [1.54, 1.807) is 28.7 Å². The number of nitriles is 1. The third kappa shape index (κ3) is 1.24. The topological polar surface area (TPSA) is 61.4 Å². The summed E-state index contributed by atoms with van der Waals surface area (Å²) in [5, 5.41) is 9.06. The molecule has 5 nitrogen and oxygen atoms in total. The highest BCUT2D eigenvalue weighted by Crippen LogP contribution is 2.23. The van der Waals surface area contributed by atoms with Gasteiger partial charge in [-0.3, -0.25) is 4.79 Å². The Morgan fingerprint density at radius 1 is 1.53 bits per heavy atom. The summed E-state index contributed by atoms with van der Waals surface area (Å²) in [5.41, 5.74) is 2.78. The summed E-state index contributed by atoms with van der Waals surface area (Å²) in [5.74, 6) is -0.0862. The molecule has 5 heteroatoms. The number of nitrogens with zero attached hydrogens (tertiary/aromatic N) is 4. The van der Waals surface area contributed by atoms with Gasteiger partial charge in [-0.15, -0.1) is 0 Å². The fourth-order valence-electron chi connectivity index (χ4n) is 2.24. The first kappa shape index (κ1) is 9.85. The van der Waals surface area contributed by atoms with Crippen molar-refractivity contribution in [2.75, 3.05) is 13.6 Å². The summed E-state index contributed by atoms with van der Waals surface area (Å²) in [7, 11) is 1.77. The average Bonchev–Trinajstić information content (AvgIpc) is 2.67. The van der Waals surface area contributed by atoms with Crippen molar-refractivity contribution in [2.45, 2.75) is 6.42 Å². The van der Waals surface area contributed by atoms with Crippen LogP contribution < -0.4 is 0 Å². The van der Waals surface area contributed by atoms with E-state index < -0.39 is 0 Å². The molecule has 2 aromatic rings. The highest BCUT2D eigenvalue weighted by atomic mass is 16.2. The largest absolute Gasteiger partial charge is 0.340 e. The van der Waals surface area contributed by atoms with E-state index in [4.69, 9.17) is 5.26 Å². The molecule has 84 valence electrons. The number of hydrogen-bond acceptors (Lipinski definition) is 3. The zero-order chi connectivity index (χ0) is 12.0. The first-order valence-corrected chi connectivity index (χ1v) is 5.37. The first-order valence-electron chi connectivity index (χ1n) is 5.37. The maximum atomic E-state index is 12.1. The number of carbonyl (C=O) groups excluding carboxylic acids is 1. The highest BCUT2D eigenvalue weighted by molar-refractivity contribution is 6.00. The van der Waals surface area contributed by atoms with E-state index in [2.05, 4.69) is 11.1 Å². The van der Waals surface area contributed by atoms with Crippen LogP contribution in [-0.4, -0.2) is 33.8 Å². The molecule has 0 aromatic carbocycles. The van der Waals surface area contributed by atoms with Crippen LogP contribution >= 0.6 is 0 Å². The van der Waals surface area contributed by atoms with Crippen LogP contribution in [0.3, 0.4) is 0 Å². The molecule has 0 saturated heterocycles. The first-order chi connectivity index (χ1) is 8.22. The van der Waals surface area contributed by atoms with E-state index >= 15 is 0 Å². The molecule has 17 heavy (non-hydrogen) atoms. The maximum absolute atomic E-state index is 12.1. The lowest BCUT2D eigenvalue weighted by atomic mass is 10.2. The minimum absolute atomic E-state index is 0.0862. The van der Waals surface area contributed by atoms with E-state index in [9.17, 15) is 4.79 Å². The molecular weight excluding hydrogens is 216 g/mol. The van der Waals surface area contributed by atoms with Crippen molar-refractivity contribution < 1.29 is 4.79 Å². The smallest absolute Gasteiger partial charge is 0.274 e. The lowest BCUT2D eigenvalue weighted by molar-refractivity contribution is 0.0796. The van der Waals surface area contributed by atoms with Gasteiger partial charge in [-0.05, 0) is 18.1 Å². The molecule has 0 aliphatic carbocycles. The lowest BCUT2D eigenvalue weighted by Gasteiger charge is -2.13. The Hall–Kier alpha value is -2.35. The summed E-state index contributed by atoms with van der Waals surface area (Å²) in [4.78, 5) is 17.9. The molecular formula is C12H10N4O. The van der Waals surface area contributed by atoms with Gasteiger partial charge >= 0.3 is 0 Å². The Kier molecular flexibility index (Phi) is 1.92. The minimum Gasteiger partial charge on any atom is -0.340 e. The Labute approximate surface area is 97.9 Å². The van der Waals surface area contributed by atoms with Crippen LogP contribution in [0.25, 0.3) is 5.52 Å². The summed E-state index contributed by atoms with van der Waals surface area (Å²) in [6.45, 7) is 0.653. The molecule has 0 unspecified atom stereocenters. The van der Waals surface area contributed by atoms with Gasteiger partial charge in [0.15, 0.2) is 5.69 Å². The molecule has 0 spiro atoms. The van der Waals surface area contributed by atoms with E-state index in [1.807, 2.05) is 6.07 Å². The molecule has 1 aliphatic heterocycles. The molecule has 0 N–H and O–H groups in total. The SMILES string of the molecule is CN1CCc2cc(C#N)n3ccnc(c23)C1=O. The summed E-state index contributed by atoms with van der Waals surface area (Å²) >= 11 is 0. The maximum Gasteiger partial charge on any atom is 0.274 e. The van der Waals surface area contributed by atoms with Crippen LogP contribution in [0.5, 0.6) is 0 Å². The highest BCUT2D eigenvalue weighted by Gasteiger charge is 2.24. The Morgan fingerprint density at radius 2 is 2.35 bits per heavy atom. The molecule has 0 fully saturated rings. The number of aromatic nitrogens is 2. The van der Waals surface area contributed by atoms with Crippen molar-refractivity contribution in [1.82, 2.24) is 14.3 Å². The van der Waals surface area contributed by atoms with Crippen molar-refractivity contribution in [3.05, 3.63) is 35.4 Å². The predicted molar refractivity (Wildman–Crippen MR) is 60.6 cm³/mol. The Bertz CT molecular complexity index is 665. The molecule has 2 aromatic heterocycles. The average molecular weight is 226 g/mol. The van der Waals surface area contributed by atoms with Gasteiger partial charge in [0.1, 0.15) is 11.8 Å². The van der Waals surface area contributed by atoms with Gasteiger partial charge in [0.25, 0.3) is 5.91 Å². The van der Waals surface area contributed by atoms with Gasteiger partial charge in [0.05, 0.1) is 5.52 Å². The van der Waals surface area contributed by atoms with E-state index in [1.165, 1.54) is 0 Å². The van der Waals surface area contributed by atoms with E-state index in [0.717, 1.165) is 17.5 Å². The zero-order valence-electron chi connectivity index (χ0n) is 9.34. The monoisotopic (exact) mass is 226 g/mol. The number of likely N-dealkylation sites (N-methyl/N-ethyl adjacent to an activating group) is 1.